The van der Waals surface area contributed by atoms with Gasteiger partial charge in [-0.25, -0.2) is 4.79 Å². The summed E-state index contributed by atoms with van der Waals surface area (Å²) in [6, 6.07) is 12.2. The van der Waals surface area contributed by atoms with E-state index in [2.05, 4.69) is 0 Å². The summed E-state index contributed by atoms with van der Waals surface area (Å²) < 4.78 is 0. The van der Waals surface area contributed by atoms with E-state index in [4.69, 9.17) is 5.11 Å². The second kappa shape index (κ2) is 6.09. The van der Waals surface area contributed by atoms with Crippen molar-refractivity contribution in [2.45, 2.75) is 12.3 Å². The van der Waals surface area contributed by atoms with Crippen LogP contribution in [0.25, 0.3) is 0 Å². The molecule has 0 aromatic heterocycles. The van der Waals surface area contributed by atoms with Gasteiger partial charge >= 0.3 is 11.9 Å². The van der Waals surface area contributed by atoms with Crippen LogP contribution in [0.15, 0.2) is 48.5 Å². The van der Waals surface area contributed by atoms with Gasteiger partial charge in [-0.05, 0) is 41.8 Å². The van der Waals surface area contributed by atoms with Crippen LogP contribution >= 0.6 is 0 Å². The number of aromatic carboxylic acids is 1. The highest BCUT2D eigenvalue weighted by atomic mass is 16.4. The molecule has 3 N–H and O–H groups in total. The Bertz CT molecular complexity index is 661. The number of hydrogen-bond donors (Lipinski definition) is 3. The molecule has 21 heavy (non-hydrogen) atoms. The van der Waals surface area contributed by atoms with Gasteiger partial charge in [-0.15, -0.1) is 0 Å². The molecule has 0 radical (unpaired) electrons. The molecule has 2 aromatic carbocycles. The van der Waals surface area contributed by atoms with E-state index in [0.29, 0.717) is 5.56 Å². The molecule has 0 aliphatic heterocycles. The maximum atomic E-state index is 11.4. The molecule has 0 heterocycles. The number of hydrogen-bond acceptors (Lipinski definition) is 3. The fourth-order valence-corrected chi connectivity index (χ4v) is 2.11. The van der Waals surface area contributed by atoms with E-state index in [9.17, 15) is 19.8 Å². The zero-order chi connectivity index (χ0) is 15.4. The minimum absolute atomic E-state index is 0.0139. The summed E-state index contributed by atoms with van der Waals surface area (Å²) in [5.74, 6) is -2.81. The Morgan fingerprint density at radius 1 is 1.00 bits per heavy atom. The van der Waals surface area contributed by atoms with Crippen LogP contribution in [0, 0.1) is 0 Å². The Kier molecular flexibility index (Phi) is 4.23. The quantitative estimate of drug-likeness (QED) is 0.785. The van der Waals surface area contributed by atoms with Crippen molar-refractivity contribution in [1.29, 1.82) is 0 Å². The van der Waals surface area contributed by atoms with Gasteiger partial charge in [0.15, 0.2) is 0 Å². The molecular weight excluding hydrogens is 272 g/mol. The third-order valence-electron chi connectivity index (χ3n) is 3.21. The molecule has 2 aromatic rings. The molecule has 0 amide bonds. The second-order valence-electron chi connectivity index (χ2n) is 4.69. The molecule has 1 atom stereocenters. The largest absolute Gasteiger partial charge is 0.508 e. The highest BCUT2D eigenvalue weighted by Crippen LogP contribution is 2.24. The van der Waals surface area contributed by atoms with E-state index in [1.165, 1.54) is 24.3 Å². The molecule has 0 spiro atoms. The van der Waals surface area contributed by atoms with Crippen molar-refractivity contribution in [2.75, 3.05) is 0 Å². The Balaban J connectivity index is 2.24. The van der Waals surface area contributed by atoms with Crippen molar-refractivity contribution in [3.8, 4) is 5.75 Å². The summed E-state index contributed by atoms with van der Waals surface area (Å²) in [6.07, 6.45) is 0.221. The molecule has 0 bridgehead atoms. The zero-order valence-corrected chi connectivity index (χ0v) is 11.1. The Labute approximate surface area is 121 Å². The van der Waals surface area contributed by atoms with Crippen molar-refractivity contribution < 1.29 is 24.9 Å². The minimum Gasteiger partial charge on any atom is -0.508 e. The number of carbonyl (C=O) groups is 2. The first kappa shape index (κ1) is 14.6. The zero-order valence-electron chi connectivity index (χ0n) is 11.1. The van der Waals surface area contributed by atoms with Crippen molar-refractivity contribution in [2.24, 2.45) is 0 Å². The van der Waals surface area contributed by atoms with E-state index in [1.807, 2.05) is 0 Å². The maximum absolute atomic E-state index is 11.4. The summed E-state index contributed by atoms with van der Waals surface area (Å²) in [5.41, 5.74) is 1.38. The Morgan fingerprint density at radius 2 is 1.67 bits per heavy atom. The fourth-order valence-electron chi connectivity index (χ4n) is 2.11. The maximum Gasteiger partial charge on any atom is 0.335 e. The first-order valence-electron chi connectivity index (χ1n) is 6.31. The molecule has 108 valence electrons. The van der Waals surface area contributed by atoms with Gasteiger partial charge in [0.05, 0.1) is 11.5 Å². The molecule has 0 aliphatic rings. The number of rotatable bonds is 5. The summed E-state index contributed by atoms with van der Waals surface area (Å²) in [6.45, 7) is 0. The minimum atomic E-state index is -1.02. The van der Waals surface area contributed by atoms with Gasteiger partial charge in [-0.2, -0.15) is 0 Å². The van der Waals surface area contributed by atoms with Gasteiger partial charge in [0.1, 0.15) is 5.75 Å². The number of aromatic hydroxyl groups is 1. The lowest BCUT2D eigenvalue weighted by Gasteiger charge is -2.13. The van der Waals surface area contributed by atoms with Gasteiger partial charge in [-0.1, -0.05) is 24.3 Å². The normalized spacial score (nSPS) is 11.8. The molecule has 0 saturated carbocycles. The van der Waals surface area contributed by atoms with Crippen LogP contribution in [-0.4, -0.2) is 27.3 Å². The van der Waals surface area contributed by atoms with Crippen LogP contribution in [0.2, 0.25) is 0 Å². The Morgan fingerprint density at radius 3 is 2.19 bits per heavy atom. The number of aliphatic carboxylic acids is 1. The van der Waals surface area contributed by atoms with Crippen LogP contribution in [0.1, 0.15) is 27.4 Å². The summed E-state index contributed by atoms with van der Waals surface area (Å²) in [7, 11) is 0. The van der Waals surface area contributed by atoms with E-state index < -0.39 is 17.9 Å². The molecule has 0 saturated heterocycles. The van der Waals surface area contributed by atoms with Crippen molar-refractivity contribution in [3.05, 3.63) is 65.2 Å². The summed E-state index contributed by atoms with van der Waals surface area (Å²) >= 11 is 0. The van der Waals surface area contributed by atoms with E-state index in [1.54, 1.807) is 24.3 Å². The van der Waals surface area contributed by atoms with E-state index >= 15 is 0 Å². The second-order valence-corrected chi connectivity index (χ2v) is 4.69. The number of phenols is 1. The van der Waals surface area contributed by atoms with Crippen LogP contribution in [-0.2, 0) is 11.2 Å². The smallest absolute Gasteiger partial charge is 0.335 e. The van der Waals surface area contributed by atoms with Crippen LogP contribution in [0.5, 0.6) is 5.75 Å². The van der Waals surface area contributed by atoms with Gasteiger partial charge in [0.2, 0.25) is 0 Å². The molecule has 0 aliphatic carbocycles. The SMILES string of the molecule is O=C(O)c1ccc(CC(C(=O)O)c2cccc(O)c2)cc1. The molecular formula is C16H14O5. The lowest BCUT2D eigenvalue weighted by molar-refractivity contribution is -0.138. The van der Waals surface area contributed by atoms with E-state index in [0.717, 1.165) is 5.56 Å². The van der Waals surface area contributed by atoms with Crippen LogP contribution < -0.4 is 0 Å². The van der Waals surface area contributed by atoms with E-state index in [-0.39, 0.29) is 17.7 Å². The predicted octanol–water partition coefficient (Wildman–Crippen LogP) is 2.50. The van der Waals surface area contributed by atoms with Gasteiger partial charge in [0.25, 0.3) is 0 Å². The number of carboxylic acids is 2. The Hall–Kier alpha value is -2.82. The van der Waals surface area contributed by atoms with Crippen molar-refractivity contribution >= 4 is 11.9 Å². The third kappa shape index (κ3) is 3.60. The van der Waals surface area contributed by atoms with Crippen LogP contribution in [0.3, 0.4) is 0 Å². The average Bonchev–Trinajstić information content (AvgIpc) is 2.45. The standard InChI is InChI=1S/C16H14O5/c17-13-3-1-2-12(9-13)14(16(20)21)8-10-4-6-11(7-5-10)15(18)19/h1-7,9,14,17H,8H2,(H,18,19)(H,20,21). The predicted molar refractivity (Wildman–Crippen MR) is 75.6 cm³/mol. The fraction of sp³-hybridized carbons (Fsp3) is 0.125. The molecule has 1 unspecified atom stereocenters. The first-order chi connectivity index (χ1) is 9.97. The topological polar surface area (TPSA) is 94.8 Å². The van der Waals surface area contributed by atoms with Crippen LogP contribution in [0.4, 0.5) is 0 Å². The molecule has 5 nitrogen and oxygen atoms in total. The molecule has 2 rings (SSSR count). The average molecular weight is 286 g/mol. The molecule has 0 fully saturated rings. The highest BCUT2D eigenvalue weighted by Gasteiger charge is 2.20. The lowest BCUT2D eigenvalue weighted by atomic mass is 9.91. The van der Waals surface area contributed by atoms with Crippen molar-refractivity contribution in [3.63, 3.8) is 0 Å². The lowest BCUT2D eigenvalue weighted by Crippen LogP contribution is -2.14. The highest BCUT2D eigenvalue weighted by molar-refractivity contribution is 5.87. The van der Waals surface area contributed by atoms with Crippen molar-refractivity contribution in [1.82, 2.24) is 0 Å². The summed E-state index contributed by atoms with van der Waals surface area (Å²) in [4.78, 5) is 22.2. The van der Waals surface area contributed by atoms with Gasteiger partial charge in [0, 0.05) is 0 Å². The monoisotopic (exact) mass is 286 g/mol. The number of carboxylic acid groups (broad SMARTS) is 2. The van der Waals surface area contributed by atoms with Gasteiger partial charge < -0.3 is 15.3 Å². The third-order valence-corrected chi connectivity index (χ3v) is 3.21. The summed E-state index contributed by atoms with van der Waals surface area (Å²) in [5, 5.41) is 27.6. The van der Waals surface area contributed by atoms with Gasteiger partial charge in [-0.3, -0.25) is 4.79 Å². The molecule has 5 heteroatoms. The number of benzene rings is 2. The first-order valence-corrected chi connectivity index (χ1v) is 6.31. The number of phenolic OH excluding ortho intramolecular Hbond substituents is 1.